The van der Waals surface area contributed by atoms with Crippen LogP contribution in [0.4, 0.5) is 0 Å². The Morgan fingerprint density at radius 3 is 1.57 bits per heavy atom. The maximum absolute atomic E-state index is 9.30. The van der Waals surface area contributed by atoms with Crippen LogP contribution >= 0.6 is 0 Å². The largest absolute Gasteiger partial charge is 2.00 e. The van der Waals surface area contributed by atoms with Crippen molar-refractivity contribution < 1.29 is 5.11 Å². The van der Waals surface area contributed by atoms with E-state index in [-0.39, 0.29) is 29.7 Å². The Balaban J connectivity index is -0.0000000480. The topological polar surface area (TPSA) is 23.1 Å². The first-order valence-electron chi connectivity index (χ1n) is 2.20. The van der Waals surface area contributed by atoms with Gasteiger partial charge in [0.25, 0.3) is 0 Å². The molecule has 0 saturated carbocycles. The van der Waals surface area contributed by atoms with Crippen molar-refractivity contribution in [2.24, 2.45) is 0 Å². The molecule has 0 radical (unpaired) electrons. The van der Waals surface area contributed by atoms with Crippen LogP contribution in [-0.4, -0.2) is 29.7 Å². The van der Waals surface area contributed by atoms with Crippen LogP contribution < -0.4 is 5.11 Å². The summed E-state index contributed by atoms with van der Waals surface area (Å²) in [4.78, 5) is 0. The standard InChI is InChI=1S/C3H7O.C2H5.Mg/c1-2-3-4;1-2;/h2-3H2,1H3;1H2,2H3;/q2*-1;+2. The first-order valence-corrected chi connectivity index (χ1v) is 2.20. The van der Waals surface area contributed by atoms with Gasteiger partial charge in [0.15, 0.2) is 0 Å². The van der Waals surface area contributed by atoms with Crippen molar-refractivity contribution in [2.45, 2.75) is 20.3 Å². The summed E-state index contributed by atoms with van der Waals surface area (Å²) in [6.07, 6.45) is 0.764. The van der Waals surface area contributed by atoms with E-state index < -0.39 is 0 Å². The van der Waals surface area contributed by atoms with Gasteiger partial charge in [-0.05, 0) is 0 Å². The van der Waals surface area contributed by atoms with Crippen LogP contribution in [0.1, 0.15) is 20.3 Å². The van der Waals surface area contributed by atoms with Crippen molar-refractivity contribution in [2.75, 3.05) is 6.61 Å². The average molecular weight is 112 g/mol. The second-order valence-corrected chi connectivity index (χ2v) is 0.704. The minimum atomic E-state index is 0. The summed E-state index contributed by atoms with van der Waals surface area (Å²) in [5.41, 5.74) is 0. The van der Waals surface area contributed by atoms with E-state index in [1.54, 1.807) is 6.92 Å². The van der Waals surface area contributed by atoms with Gasteiger partial charge >= 0.3 is 23.1 Å². The molecule has 0 aromatic carbocycles. The summed E-state index contributed by atoms with van der Waals surface area (Å²) >= 11 is 0. The predicted octanol–water partition coefficient (Wildman–Crippen LogP) is 0.216. The van der Waals surface area contributed by atoms with Gasteiger partial charge in [-0.25, -0.2) is 0 Å². The molecule has 0 aliphatic carbocycles. The van der Waals surface area contributed by atoms with Crippen molar-refractivity contribution in [1.82, 2.24) is 0 Å². The van der Waals surface area contributed by atoms with Crippen molar-refractivity contribution in [3.05, 3.63) is 6.92 Å². The summed E-state index contributed by atoms with van der Waals surface area (Å²) in [5, 5.41) is 9.30. The van der Waals surface area contributed by atoms with Gasteiger partial charge in [0, 0.05) is 0 Å². The molecule has 0 amide bonds. The van der Waals surface area contributed by atoms with Gasteiger partial charge in [0.2, 0.25) is 0 Å². The molecular formula is C5H12MgO. The molecule has 1 nitrogen and oxygen atoms in total. The molecule has 0 unspecified atom stereocenters. The minimum Gasteiger partial charge on any atom is -0.854 e. The van der Waals surface area contributed by atoms with Gasteiger partial charge < -0.3 is 12.0 Å². The van der Waals surface area contributed by atoms with Crippen molar-refractivity contribution in [3.63, 3.8) is 0 Å². The third-order valence-electron chi connectivity index (χ3n) is 0.204. The van der Waals surface area contributed by atoms with Crippen LogP contribution in [0.25, 0.3) is 0 Å². The van der Waals surface area contributed by atoms with Crippen molar-refractivity contribution >= 4 is 23.1 Å². The molecule has 0 aromatic heterocycles. The Kier molecular flexibility index (Phi) is 66.3. The van der Waals surface area contributed by atoms with E-state index in [1.807, 2.05) is 6.92 Å². The fourth-order valence-corrected chi connectivity index (χ4v) is 0. The summed E-state index contributed by atoms with van der Waals surface area (Å²) in [6, 6.07) is 0. The van der Waals surface area contributed by atoms with E-state index in [4.69, 9.17) is 0 Å². The number of rotatable bonds is 1. The van der Waals surface area contributed by atoms with Crippen LogP contribution in [0.3, 0.4) is 0 Å². The van der Waals surface area contributed by atoms with Gasteiger partial charge in [-0.2, -0.15) is 6.92 Å². The maximum atomic E-state index is 9.30. The summed E-state index contributed by atoms with van der Waals surface area (Å²) in [7, 11) is 0. The zero-order valence-corrected chi connectivity index (χ0v) is 6.65. The van der Waals surface area contributed by atoms with Crippen molar-refractivity contribution in [3.8, 4) is 0 Å². The monoisotopic (exact) mass is 112 g/mol. The van der Waals surface area contributed by atoms with Crippen LogP contribution in [0, 0.1) is 6.92 Å². The smallest absolute Gasteiger partial charge is 0.854 e. The third-order valence-corrected chi connectivity index (χ3v) is 0.204. The SMILES string of the molecule is CCC[O-].[CH2-]C.[Mg+2]. The Morgan fingerprint density at radius 1 is 1.43 bits per heavy atom. The van der Waals surface area contributed by atoms with Crippen LogP contribution in [-0.2, 0) is 0 Å². The Morgan fingerprint density at radius 2 is 1.57 bits per heavy atom. The third kappa shape index (κ3) is 50.4. The van der Waals surface area contributed by atoms with Crippen LogP contribution in [0.2, 0.25) is 0 Å². The Hall–Kier alpha value is 0.726. The maximum Gasteiger partial charge on any atom is 2.00 e. The van der Waals surface area contributed by atoms with Gasteiger partial charge in [0.1, 0.15) is 0 Å². The Labute approximate surface area is 62.3 Å². The van der Waals surface area contributed by atoms with E-state index in [0.717, 1.165) is 6.42 Å². The zero-order valence-electron chi connectivity index (χ0n) is 5.24. The molecule has 0 N–H and O–H groups in total. The van der Waals surface area contributed by atoms with Crippen molar-refractivity contribution in [1.29, 1.82) is 0 Å². The van der Waals surface area contributed by atoms with E-state index in [2.05, 4.69) is 6.92 Å². The molecule has 2 heteroatoms. The molecule has 0 rings (SSSR count). The first kappa shape index (κ1) is 15.6. The first-order chi connectivity index (χ1) is 2.91. The molecule has 0 spiro atoms. The average Bonchev–Trinajstić information content (AvgIpc) is 1.72. The number of hydrogen-bond donors (Lipinski definition) is 0. The second-order valence-electron chi connectivity index (χ2n) is 0.704. The molecule has 0 aromatic rings. The molecular weight excluding hydrogens is 100 g/mol. The predicted molar refractivity (Wildman–Crippen MR) is 31.9 cm³/mol. The summed E-state index contributed by atoms with van der Waals surface area (Å²) in [6.45, 7) is 6.94. The van der Waals surface area contributed by atoms with E-state index in [0.29, 0.717) is 0 Å². The normalized spacial score (nSPS) is 5.14. The molecule has 0 saturated heterocycles. The zero-order chi connectivity index (χ0) is 5.41. The van der Waals surface area contributed by atoms with Crippen LogP contribution in [0.15, 0.2) is 0 Å². The summed E-state index contributed by atoms with van der Waals surface area (Å²) < 4.78 is 0. The van der Waals surface area contributed by atoms with Crippen LogP contribution in [0.5, 0.6) is 0 Å². The summed E-state index contributed by atoms with van der Waals surface area (Å²) in [5.74, 6) is 0. The molecule has 7 heavy (non-hydrogen) atoms. The van der Waals surface area contributed by atoms with E-state index >= 15 is 0 Å². The van der Waals surface area contributed by atoms with Gasteiger partial charge in [0.05, 0.1) is 0 Å². The minimum absolute atomic E-state index is 0. The molecule has 0 aliphatic heterocycles. The Bertz CT molecular complexity index is 10.0. The van der Waals surface area contributed by atoms with E-state index in [1.165, 1.54) is 0 Å². The van der Waals surface area contributed by atoms with Gasteiger partial charge in [-0.1, -0.05) is 13.3 Å². The fraction of sp³-hybridized carbons (Fsp3) is 0.800. The van der Waals surface area contributed by atoms with E-state index in [9.17, 15) is 5.11 Å². The molecule has 0 bridgehead atoms. The molecule has 0 heterocycles. The van der Waals surface area contributed by atoms with Gasteiger partial charge in [-0.15, -0.1) is 6.61 Å². The molecule has 0 atom stereocenters. The van der Waals surface area contributed by atoms with Gasteiger partial charge in [-0.3, -0.25) is 0 Å². The molecule has 0 fully saturated rings. The second kappa shape index (κ2) is 29.7. The fourth-order valence-electron chi connectivity index (χ4n) is 0. The molecule has 40 valence electrons. The molecule has 0 aliphatic rings. The quantitative estimate of drug-likeness (QED) is 0.351. The number of hydrogen-bond acceptors (Lipinski definition) is 1.